The Hall–Kier alpha value is -0.570. The predicted octanol–water partition coefficient (Wildman–Crippen LogP) is 2.41. The van der Waals surface area contributed by atoms with Crippen LogP contribution in [0.15, 0.2) is 0 Å². The van der Waals surface area contributed by atoms with E-state index in [-0.39, 0.29) is 0 Å². The number of nitrogens with zero attached hydrogens (tertiary/aromatic N) is 1. The van der Waals surface area contributed by atoms with Crippen LogP contribution in [-0.2, 0) is 4.79 Å². The number of carbonyl (C=O) groups is 1. The number of piperazine rings is 1. The Bertz CT molecular complexity index is 331. The Morgan fingerprint density at radius 1 is 1.11 bits per heavy atom. The Labute approximate surface area is 117 Å². The lowest BCUT2D eigenvalue weighted by atomic mass is 9.67. The van der Waals surface area contributed by atoms with Crippen LogP contribution in [0.1, 0.15) is 51.9 Å². The second kappa shape index (κ2) is 5.82. The average molecular weight is 264 g/mol. The molecule has 0 bridgehead atoms. The van der Waals surface area contributed by atoms with Crippen molar-refractivity contribution in [3.63, 3.8) is 0 Å². The third-order valence-electron chi connectivity index (χ3n) is 5.57. The molecule has 3 fully saturated rings. The first-order valence-electron chi connectivity index (χ1n) is 8.26. The van der Waals surface area contributed by atoms with Gasteiger partial charge in [0, 0.05) is 31.6 Å². The molecule has 2 saturated carbocycles. The molecule has 3 aliphatic rings. The van der Waals surface area contributed by atoms with Crippen molar-refractivity contribution in [3.05, 3.63) is 0 Å². The largest absolute Gasteiger partial charge is 0.340 e. The molecule has 4 atom stereocenters. The lowest BCUT2D eigenvalue weighted by molar-refractivity contribution is -0.139. The van der Waals surface area contributed by atoms with Crippen LogP contribution >= 0.6 is 0 Å². The molecule has 0 radical (unpaired) electrons. The highest BCUT2D eigenvalue weighted by Crippen LogP contribution is 2.43. The highest BCUT2D eigenvalue weighted by molar-refractivity contribution is 5.79. The van der Waals surface area contributed by atoms with E-state index in [0.29, 0.717) is 17.9 Å². The summed E-state index contributed by atoms with van der Waals surface area (Å²) in [5.41, 5.74) is 0. The SMILES string of the molecule is CC1CN(C(=O)C2CCC3CCCCC3C2)CCN1. The number of hydrogen-bond acceptors (Lipinski definition) is 2. The molecular weight excluding hydrogens is 236 g/mol. The molecule has 108 valence electrons. The molecule has 3 nitrogen and oxygen atoms in total. The van der Waals surface area contributed by atoms with Gasteiger partial charge in [0.25, 0.3) is 0 Å². The van der Waals surface area contributed by atoms with Crippen LogP contribution in [0.4, 0.5) is 0 Å². The van der Waals surface area contributed by atoms with Gasteiger partial charge in [-0.2, -0.15) is 0 Å². The molecule has 1 saturated heterocycles. The first-order chi connectivity index (χ1) is 9.24. The Balaban J connectivity index is 1.58. The van der Waals surface area contributed by atoms with Gasteiger partial charge in [-0.25, -0.2) is 0 Å². The number of carbonyl (C=O) groups excluding carboxylic acids is 1. The van der Waals surface area contributed by atoms with Crippen molar-refractivity contribution in [1.82, 2.24) is 10.2 Å². The van der Waals surface area contributed by atoms with Gasteiger partial charge in [-0.05, 0) is 38.0 Å². The van der Waals surface area contributed by atoms with E-state index in [9.17, 15) is 4.79 Å². The van der Waals surface area contributed by atoms with Gasteiger partial charge in [-0.1, -0.05) is 25.7 Å². The minimum Gasteiger partial charge on any atom is -0.340 e. The molecule has 0 spiro atoms. The Morgan fingerprint density at radius 3 is 2.68 bits per heavy atom. The molecule has 3 rings (SSSR count). The van der Waals surface area contributed by atoms with E-state index in [0.717, 1.165) is 37.9 Å². The van der Waals surface area contributed by atoms with Crippen LogP contribution in [0.3, 0.4) is 0 Å². The van der Waals surface area contributed by atoms with Gasteiger partial charge < -0.3 is 10.2 Å². The number of hydrogen-bond donors (Lipinski definition) is 1. The summed E-state index contributed by atoms with van der Waals surface area (Å²) in [4.78, 5) is 14.8. The van der Waals surface area contributed by atoms with Crippen LogP contribution in [0, 0.1) is 17.8 Å². The number of amides is 1. The number of rotatable bonds is 1. The molecule has 4 unspecified atom stereocenters. The summed E-state index contributed by atoms with van der Waals surface area (Å²) in [6, 6.07) is 0.462. The standard InChI is InChI=1S/C16H28N2O/c1-12-11-18(9-8-17-12)16(19)15-7-6-13-4-2-3-5-14(13)10-15/h12-15,17H,2-11H2,1H3. The van der Waals surface area contributed by atoms with E-state index in [4.69, 9.17) is 0 Å². The van der Waals surface area contributed by atoms with E-state index in [1.54, 1.807) is 0 Å². The first-order valence-corrected chi connectivity index (χ1v) is 8.26. The molecule has 0 aromatic heterocycles. The lowest BCUT2D eigenvalue weighted by Gasteiger charge is -2.41. The third kappa shape index (κ3) is 2.96. The van der Waals surface area contributed by atoms with Crippen molar-refractivity contribution in [2.75, 3.05) is 19.6 Å². The fraction of sp³-hybridized carbons (Fsp3) is 0.938. The van der Waals surface area contributed by atoms with Crippen molar-refractivity contribution in [1.29, 1.82) is 0 Å². The van der Waals surface area contributed by atoms with E-state index in [2.05, 4.69) is 17.1 Å². The molecule has 1 amide bonds. The second-order valence-corrected chi connectivity index (χ2v) is 6.95. The molecule has 1 N–H and O–H groups in total. The van der Waals surface area contributed by atoms with Gasteiger partial charge in [0.15, 0.2) is 0 Å². The molecule has 1 heterocycles. The van der Waals surface area contributed by atoms with E-state index in [1.807, 2.05) is 0 Å². The maximum atomic E-state index is 12.7. The molecule has 0 aromatic rings. The Kier molecular flexibility index (Phi) is 4.11. The summed E-state index contributed by atoms with van der Waals surface area (Å²) in [6.07, 6.45) is 9.27. The second-order valence-electron chi connectivity index (χ2n) is 6.95. The summed E-state index contributed by atoms with van der Waals surface area (Å²) < 4.78 is 0. The van der Waals surface area contributed by atoms with Crippen LogP contribution < -0.4 is 5.32 Å². The van der Waals surface area contributed by atoms with Gasteiger partial charge in [0.05, 0.1) is 0 Å². The van der Waals surface area contributed by atoms with E-state index in [1.165, 1.54) is 38.5 Å². The highest BCUT2D eigenvalue weighted by atomic mass is 16.2. The third-order valence-corrected chi connectivity index (χ3v) is 5.57. The topological polar surface area (TPSA) is 32.3 Å². The lowest BCUT2D eigenvalue weighted by Crippen LogP contribution is -2.53. The molecule has 0 aromatic carbocycles. The van der Waals surface area contributed by atoms with Crippen molar-refractivity contribution in [2.24, 2.45) is 17.8 Å². The van der Waals surface area contributed by atoms with Crippen LogP contribution in [0.5, 0.6) is 0 Å². The smallest absolute Gasteiger partial charge is 0.225 e. The maximum absolute atomic E-state index is 12.7. The summed E-state index contributed by atoms with van der Waals surface area (Å²) in [5.74, 6) is 2.60. The van der Waals surface area contributed by atoms with Gasteiger partial charge in [-0.3, -0.25) is 4.79 Å². The first kappa shape index (κ1) is 13.4. The zero-order chi connectivity index (χ0) is 13.2. The van der Waals surface area contributed by atoms with Crippen molar-refractivity contribution >= 4 is 5.91 Å². The minimum atomic E-state index is 0.338. The van der Waals surface area contributed by atoms with Crippen molar-refractivity contribution in [3.8, 4) is 0 Å². The Morgan fingerprint density at radius 2 is 1.89 bits per heavy atom. The van der Waals surface area contributed by atoms with Gasteiger partial charge in [0.1, 0.15) is 0 Å². The summed E-state index contributed by atoms with van der Waals surface area (Å²) >= 11 is 0. The fourth-order valence-electron chi connectivity index (χ4n) is 4.49. The molecule has 2 aliphatic carbocycles. The van der Waals surface area contributed by atoms with Crippen LogP contribution in [0.25, 0.3) is 0 Å². The quantitative estimate of drug-likeness (QED) is 0.789. The maximum Gasteiger partial charge on any atom is 0.225 e. The molecular formula is C16H28N2O. The molecule has 1 aliphatic heterocycles. The fourth-order valence-corrected chi connectivity index (χ4v) is 4.49. The van der Waals surface area contributed by atoms with E-state index >= 15 is 0 Å². The minimum absolute atomic E-state index is 0.338. The normalized spacial score (nSPS) is 39.7. The molecule has 19 heavy (non-hydrogen) atoms. The van der Waals surface area contributed by atoms with Crippen LogP contribution in [0.2, 0.25) is 0 Å². The summed E-state index contributed by atoms with van der Waals surface area (Å²) in [6.45, 7) is 4.96. The van der Waals surface area contributed by atoms with Crippen molar-refractivity contribution < 1.29 is 4.79 Å². The number of nitrogens with one attached hydrogen (secondary N) is 1. The van der Waals surface area contributed by atoms with Gasteiger partial charge in [0.2, 0.25) is 5.91 Å². The average Bonchev–Trinajstić information content (AvgIpc) is 2.46. The summed E-state index contributed by atoms with van der Waals surface area (Å²) in [5, 5.41) is 3.42. The van der Waals surface area contributed by atoms with E-state index < -0.39 is 0 Å². The predicted molar refractivity (Wildman–Crippen MR) is 76.8 cm³/mol. The van der Waals surface area contributed by atoms with Crippen molar-refractivity contribution in [2.45, 2.75) is 57.9 Å². The zero-order valence-corrected chi connectivity index (χ0v) is 12.2. The highest BCUT2D eigenvalue weighted by Gasteiger charge is 2.37. The monoisotopic (exact) mass is 264 g/mol. The summed E-state index contributed by atoms with van der Waals surface area (Å²) in [7, 11) is 0. The van der Waals surface area contributed by atoms with Gasteiger partial charge in [-0.15, -0.1) is 0 Å². The van der Waals surface area contributed by atoms with Gasteiger partial charge >= 0.3 is 0 Å². The molecule has 3 heteroatoms. The number of fused-ring (bicyclic) bond motifs is 1. The zero-order valence-electron chi connectivity index (χ0n) is 12.2. The van der Waals surface area contributed by atoms with Crippen LogP contribution in [-0.4, -0.2) is 36.5 Å².